The summed E-state index contributed by atoms with van der Waals surface area (Å²) in [6.45, 7) is 3.71. The Morgan fingerprint density at radius 2 is 2.08 bits per heavy atom. The summed E-state index contributed by atoms with van der Waals surface area (Å²) in [5.41, 5.74) is -1.03. The molecule has 1 heterocycles. The van der Waals surface area contributed by atoms with Crippen molar-refractivity contribution in [3.63, 3.8) is 0 Å². The van der Waals surface area contributed by atoms with E-state index < -0.39 is 17.9 Å². The highest BCUT2D eigenvalue weighted by Crippen LogP contribution is 2.35. The standard InChI is InChI=1S/C9H16F2O2/c1-9(2,8(10)11)3-6-4-13-5-7(6)12/h6-8,12H,3-5H2,1-2H3. The van der Waals surface area contributed by atoms with Crippen molar-refractivity contribution in [3.8, 4) is 0 Å². The molecule has 2 unspecified atom stereocenters. The summed E-state index contributed by atoms with van der Waals surface area (Å²) in [7, 11) is 0. The molecule has 0 aromatic rings. The zero-order valence-corrected chi connectivity index (χ0v) is 7.96. The Balaban J connectivity index is 2.47. The lowest BCUT2D eigenvalue weighted by molar-refractivity contribution is -0.00752. The quantitative estimate of drug-likeness (QED) is 0.740. The zero-order valence-electron chi connectivity index (χ0n) is 7.96. The molecule has 0 saturated carbocycles. The molecule has 0 amide bonds. The van der Waals surface area contributed by atoms with Crippen LogP contribution < -0.4 is 0 Å². The minimum absolute atomic E-state index is 0.135. The van der Waals surface area contributed by atoms with E-state index in [4.69, 9.17) is 4.74 Å². The molecule has 13 heavy (non-hydrogen) atoms. The molecule has 0 bridgehead atoms. The van der Waals surface area contributed by atoms with Crippen LogP contribution in [0.15, 0.2) is 0 Å². The minimum Gasteiger partial charge on any atom is -0.390 e. The van der Waals surface area contributed by atoms with E-state index in [1.165, 1.54) is 13.8 Å². The van der Waals surface area contributed by atoms with Gasteiger partial charge in [0.25, 0.3) is 0 Å². The summed E-state index contributed by atoms with van der Waals surface area (Å²) < 4.78 is 29.9. The molecular weight excluding hydrogens is 178 g/mol. The van der Waals surface area contributed by atoms with Crippen LogP contribution in [0.25, 0.3) is 0 Å². The monoisotopic (exact) mass is 194 g/mol. The molecule has 0 radical (unpaired) electrons. The summed E-state index contributed by atoms with van der Waals surface area (Å²) in [4.78, 5) is 0. The van der Waals surface area contributed by atoms with Crippen LogP contribution in [0.2, 0.25) is 0 Å². The number of halogens is 2. The van der Waals surface area contributed by atoms with Crippen LogP contribution in [-0.4, -0.2) is 30.8 Å². The van der Waals surface area contributed by atoms with Gasteiger partial charge in [-0.2, -0.15) is 0 Å². The van der Waals surface area contributed by atoms with Crippen LogP contribution >= 0.6 is 0 Å². The van der Waals surface area contributed by atoms with E-state index in [0.29, 0.717) is 13.0 Å². The van der Waals surface area contributed by atoms with Crippen molar-refractivity contribution in [1.29, 1.82) is 0 Å². The molecule has 0 aromatic heterocycles. The second-order valence-electron chi connectivity index (χ2n) is 4.36. The van der Waals surface area contributed by atoms with E-state index in [1.54, 1.807) is 0 Å². The molecule has 4 heteroatoms. The predicted molar refractivity (Wildman–Crippen MR) is 44.7 cm³/mol. The maximum atomic E-state index is 12.5. The molecule has 0 aliphatic carbocycles. The van der Waals surface area contributed by atoms with Gasteiger partial charge < -0.3 is 9.84 Å². The lowest BCUT2D eigenvalue weighted by atomic mass is 9.82. The number of aliphatic hydroxyl groups is 1. The normalized spacial score (nSPS) is 30.0. The third-order valence-electron chi connectivity index (χ3n) is 2.54. The number of hydrogen-bond acceptors (Lipinski definition) is 2. The number of rotatable bonds is 3. The number of hydrogen-bond donors (Lipinski definition) is 1. The van der Waals surface area contributed by atoms with Crippen molar-refractivity contribution in [3.05, 3.63) is 0 Å². The fraction of sp³-hybridized carbons (Fsp3) is 1.00. The largest absolute Gasteiger partial charge is 0.390 e. The Kier molecular flexibility index (Phi) is 3.24. The Bertz CT molecular complexity index is 171. The van der Waals surface area contributed by atoms with E-state index in [9.17, 15) is 13.9 Å². The minimum atomic E-state index is -2.35. The molecule has 2 atom stereocenters. The van der Waals surface area contributed by atoms with Gasteiger partial charge in [-0.05, 0) is 6.42 Å². The first-order valence-corrected chi connectivity index (χ1v) is 4.47. The van der Waals surface area contributed by atoms with Gasteiger partial charge in [-0.3, -0.25) is 0 Å². The van der Waals surface area contributed by atoms with E-state index >= 15 is 0 Å². The van der Waals surface area contributed by atoms with Gasteiger partial charge >= 0.3 is 0 Å². The molecule has 1 saturated heterocycles. The van der Waals surface area contributed by atoms with Crippen LogP contribution in [0, 0.1) is 11.3 Å². The maximum Gasteiger partial charge on any atom is 0.243 e. The summed E-state index contributed by atoms with van der Waals surface area (Å²) in [5, 5.41) is 9.36. The Morgan fingerprint density at radius 3 is 2.46 bits per heavy atom. The molecule has 0 spiro atoms. The van der Waals surface area contributed by atoms with Gasteiger partial charge in [0.2, 0.25) is 6.43 Å². The highest BCUT2D eigenvalue weighted by Gasteiger charge is 2.37. The number of aliphatic hydroxyl groups excluding tert-OH is 1. The smallest absolute Gasteiger partial charge is 0.243 e. The first kappa shape index (κ1) is 10.9. The summed E-state index contributed by atoms with van der Waals surface area (Å²) >= 11 is 0. The zero-order chi connectivity index (χ0) is 10.1. The van der Waals surface area contributed by atoms with Crippen molar-refractivity contribution in [2.75, 3.05) is 13.2 Å². The number of ether oxygens (including phenoxy) is 1. The molecule has 1 rings (SSSR count). The first-order chi connectivity index (χ1) is 5.93. The highest BCUT2D eigenvalue weighted by atomic mass is 19.3. The van der Waals surface area contributed by atoms with Crippen molar-refractivity contribution >= 4 is 0 Å². The van der Waals surface area contributed by atoms with Gasteiger partial charge in [0.15, 0.2) is 0 Å². The molecule has 0 aromatic carbocycles. The SMILES string of the molecule is CC(C)(CC1COCC1O)C(F)F. The van der Waals surface area contributed by atoms with E-state index in [-0.39, 0.29) is 12.5 Å². The average Bonchev–Trinajstić information content (AvgIpc) is 2.35. The van der Waals surface area contributed by atoms with Crippen LogP contribution in [0.5, 0.6) is 0 Å². The fourth-order valence-electron chi connectivity index (χ4n) is 1.55. The molecule has 1 aliphatic rings. The highest BCUT2D eigenvalue weighted by molar-refractivity contribution is 4.82. The van der Waals surface area contributed by atoms with Crippen LogP contribution in [0.4, 0.5) is 8.78 Å². The third kappa shape index (κ3) is 2.61. The maximum absolute atomic E-state index is 12.5. The third-order valence-corrected chi connectivity index (χ3v) is 2.54. The summed E-state index contributed by atoms with van der Waals surface area (Å²) in [6, 6.07) is 0. The topological polar surface area (TPSA) is 29.5 Å². The van der Waals surface area contributed by atoms with E-state index in [1.807, 2.05) is 0 Å². The van der Waals surface area contributed by atoms with Crippen molar-refractivity contribution in [1.82, 2.24) is 0 Å². The van der Waals surface area contributed by atoms with Gasteiger partial charge in [-0.25, -0.2) is 8.78 Å². The lowest BCUT2D eigenvalue weighted by Gasteiger charge is -2.27. The number of alkyl halides is 2. The first-order valence-electron chi connectivity index (χ1n) is 4.47. The van der Waals surface area contributed by atoms with Crippen LogP contribution in [0.1, 0.15) is 20.3 Å². The Labute approximate surface area is 76.9 Å². The predicted octanol–water partition coefficient (Wildman–Crippen LogP) is 1.68. The van der Waals surface area contributed by atoms with Gasteiger partial charge in [0.05, 0.1) is 19.3 Å². The second kappa shape index (κ2) is 3.88. The molecule has 2 nitrogen and oxygen atoms in total. The lowest BCUT2D eigenvalue weighted by Crippen LogP contribution is -2.30. The van der Waals surface area contributed by atoms with Gasteiger partial charge in [-0.1, -0.05) is 13.8 Å². The molecule has 1 fully saturated rings. The van der Waals surface area contributed by atoms with Crippen LogP contribution in [0.3, 0.4) is 0 Å². The van der Waals surface area contributed by atoms with Crippen molar-refractivity contribution in [2.24, 2.45) is 11.3 Å². The van der Waals surface area contributed by atoms with Gasteiger partial charge in [0.1, 0.15) is 0 Å². The van der Waals surface area contributed by atoms with E-state index in [2.05, 4.69) is 0 Å². The van der Waals surface area contributed by atoms with E-state index in [0.717, 1.165) is 0 Å². The fourth-order valence-corrected chi connectivity index (χ4v) is 1.55. The van der Waals surface area contributed by atoms with Crippen molar-refractivity contribution in [2.45, 2.75) is 32.8 Å². The van der Waals surface area contributed by atoms with Crippen LogP contribution in [-0.2, 0) is 4.74 Å². The van der Waals surface area contributed by atoms with Crippen molar-refractivity contribution < 1.29 is 18.6 Å². The molecule has 1 N–H and O–H groups in total. The Hall–Kier alpha value is -0.220. The molecule has 1 aliphatic heterocycles. The molecular formula is C9H16F2O2. The Morgan fingerprint density at radius 1 is 1.46 bits per heavy atom. The summed E-state index contributed by atoms with van der Waals surface area (Å²) in [5.74, 6) is -0.135. The second-order valence-corrected chi connectivity index (χ2v) is 4.36. The van der Waals surface area contributed by atoms with Gasteiger partial charge in [0, 0.05) is 11.3 Å². The molecule has 78 valence electrons. The van der Waals surface area contributed by atoms with Gasteiger partial charge in [-0.15, -0.1) is 0 Å². The summed E-state index contributed by atoms with van der Waals surface area (Å²) in [6.07, 6.45) is -2.61. The average molecular weight is 194 g/mol.